The Balaban J connectivity index is 1.71. The van der Waals surface area contributed by atoms with Crippen LogP contribution in [0.25, 0.3) is 0 Å². The molecule has 0 bridgehead atoms. The van der Waals surface area contributed by atoms with Crippen LogP contribution in [0.15, 0.2) is 47.6 Å². The molecular formula is C20H20N2O5. The number of carbonyl (C=O) groups is 2. The number of benzene rings is 2. The number of nitrogens with one attached hydrogen (secondary N) is 1. The number of methoxy groups -OCH3 is 2. The molecule has 0 fully saturated rings. The first kappa shape index (κ1) is 18.4. The lowest BCUT2D eigenvalue weighted by molar-refractivity contribution is -0.125. The van der Waals surface area contributed by atoms with Gasteiger partial charge in [0.15, 0.2) is 5.78 Å². The van der Waals surface area contributed by atoms with Gasteiger partial charge in [-0.1, -0.05) is 17.3 Å². The second kappa shape index (κ2) is 7.90. The molecule has 7 nitrogen and oxygen atoms in total. The van der Waals surface area contributed by atoms with Crippen molar-refractivity contribution in [3.05, 3.63) is 53.6 Å². The van der Waals surface area contributed by atoms with Crippen molar-refractivity contribution in [2.45, 2.75) is 19.4 Å². The van der Waals surface area contributed by atoms with Gasteiger partial charge in [-0.3, -0.25) is 9.59 Å². The molecule has 1 heterocycles. The van der Waals surface area contributed by atoms with E-state index in [9.17, 15) is 9.59 Å². The van der Waals surface area contributed by atoms with Crippen molar-refractivity contribution in [1.29, 1.82) is 0 Å². The molecule has 0 aliphatic carbocycles. The van der Waals surface area contributed by atoms with E-state index in [1.165, 1.54) is 6.92 Å². The normalized spacial score (nSPS) is 15.5. The molecular weight excluding hydrogens is 348 g/mol. The Morgan fingerprint density at radius 1 is 1.15 bits per heavy atom. The predicted octanol–water partition coefficient (Wildman–Crippen LogP) is 3.04. The van der Waals surface area contributed by atoms with E-state index < -0.39 is 6.10 Å². The van der Waals surface area contributed by atoms with Crippen molar-refractivity contribution in [3.8, 4) is 11.5 Å². The van der Waals surface area contributed by atoms with Gasteiger partial charge in [0.2, 0.25) is 6.10 Å². The van der Waals surface area contributed by atoms with Crippen LogP contribution < -0.4 is 14.8 Å². The lowest BCUT2D eigenvalue weighted by Gasteiger charge is -2.11. The number of Topliss-reactive ketones (excluding diaryl/α,β-unsaturated/α-hetero) is 1. The molecule has 2 aromatic carbocycles. The molecule has 140 valence electrons. The Bertz CT molecular complexity index is 907. The highest BCUT2D eigenvalue weighted by Crippen LogP contribution is 2.29. The summed E-state index contributed by atoms with van der Waals surface area (Å²) in [7, 11) is 3.14. The van der Waals surface area contributed by atoms with Crippen LogP contribution in [-0.4, -0.2) is 37.7 Å². The first-order valence-corrected chi connectivity index (χ1v) is 8.38. The molecule has 0 saturated heterocycles. The maximum atomic E-state index is 12.5. The molecule has 3 rings (SSSR count). The van der Waals surface area contributed by atoms with Gasteiger partial charge in [0.25, 0.3) is 5.91 Å². The molecule has 1 N–H and O–H groups in total. The van der Waals surface area contributed by atoms with Crippen LogP contribution in [0.1, 0.15) is 29.3 Å². The third-order valence-electron chi connectivity index (χ3n) is 4.22. The molecule has 0 spiro atoms. The molecule has 1 amide bonds. The van der Waals surface area contributed by atoms with Crippen molar-refractivity contribution in [3.63, 3.8) is 0 Å². The summed E-state index contributed by atoms with van der Waals surface area (Å²) in [5.74, 6) is 0.867. The van der Waals surface area contributed by atoms with Crippen molar-refractivity contribution in [2.24, 2.45) is 5.16 Å². The number of oxime groups is 1. The fraction of sp³-hybridized carbons (Fsp3) is 0.250. The van der Waals surface area contributed by atoms with Crippen molar-refractivity contribution in [1.82, 2.24) is 0 Å². The summed E-state index contributed by atoms with van der Waals surface area (Å²) >= 11 is 0. The van der Waals surface area contributed by atoms with E-state index in [-0.39, 0.29) is 11.7 Å². The lowest BCUT2D eigenvalue weighted by Crippen LogP contribution is -2.28. The van der Waals surface area contributed by atoms with Gasteiger partial charge in [-0.25, -0.2) is 0 Å². The number of ketones is 1. The molecule has 0 aromatic heterocycles. The van der Waals surface area contributed by atoms with E-state index in [1.54, 1.807) is 56.7 Å². The number of hydrogen-bond acceptors (Lipinski definition) is 6. The molecule has 1 aliphatic heterocycles. The molecule has 27 heavy (non-hydrogen) atoms. The van der Waals surface area contributed by atoms with Crippen LogP contribution in [0.3, 0.4) is 0 Å². The van der Waals surface area contributed by atoms with Gasteiger partial charge < -0.3 is 19.6 Å². The van der Waals surface area contributed by atoms with E-state index in [2.05, 4.69) is 10.5 Å². The van der Waals surface area contributed by atoms with E-state index in [1.807, 2.05) is 0 Å². The highest BCUT2D eigenvalue weighted by Gasteiger charge is 2.30. The minimum Gasteiger partial charge on any atom is -0.497 e. The zero-order valence-corrected chi connectivity index (χ0v) is 15.3. The van der Waals surface area contributed by atoms with E-state index in [0.717, 1.165) is 0 Å². The SMILES string of the molecule is COc1ccc(OC)c(C2=NO[C@@H](C(=O)Nc3cccc(C(C)=O)c3)C2)c1. The number of hydrogen-bond donors (Lipinski definition) is 1. The first-order chi connectivity index (χ1) is 13.0. The number of ether oxygens (including phenoxy) is 2. The highest BCUT2D eigenvalue weighted by atomic mass is 16.6. The average molecular weight is 368 g/mol. The smallest absolute Gasteiger partial charge is 0.268 e. The van der Waals surface area contributed by atoms with Gasteiger partial charge >= 0.3 is 0 Å². The Morgan fingerprint density at radius 3 is 2.67 bits per heavy atom. The maximum Gasteiger partial charge on any atom is 0.268 e. The molecule has 0 unspecified atom stereocenters. The Morgan fingerprint density at radius 2 is 1.96 bits per heavy atom. The van der Waals surface area contributed by atoms with Crippen LogP contribution >= 0.6 is 0 Å². The third-order valence-corrected chi connectivity index (χ3v) is 4.22. The van der Waals surface area contributed by atoms with Crippen molar-refractivity contribution < 1.29 is 23.9 Å². The zero-order chi connectivity index (χ0) is 19.4. The van der Waals surface area contributed by atoms with Gasteiger partial charge in [0.05, 0.1) is 19.9 Å². The minimum absolute atomic E-state index is 0.0704. The topological polar surface area (TPSA) is 86.2 Å². The number of carbonyl (C=O) groups excluding carboxylic acids is 2. The minimum atomic E-state index is -0.767. The maximum absolute atomic E-state index is 12.5. The molecule has 0 saturated carbocycles. The van der Waals surface area contributed by atoms with Gasteiger partial charge in [0, 0.05) is 23.2 Å². The summed E-state index contributed by atoms with van der Waals surface area (Å²) in [6, 6.07) is 12.1. The zero-order valence-electron chi connectivity index (χ0n) is 15.3. The summed E-state index contributed by atoms with van der Waals surface area (Å²) < 4.78 is 10.6. The monoisotopic (exact) mass is 368 g/mol. The van der Waals surface area contributed by atoms with Crippen LogP contribution in [0.4, 0.5) is 5.69 Å². The van der Waals surface area contributed by atoms with Gasteiger partial charge in [-0.05, 0) is 37.3 Å². The largest absolute Gasteiger partial charge is 0.497 e. The summed E-state index contributed by atoms with van der Waals surface area (Å²) in [4.78, 5) is 29.3. The van der Waals surface area contributed by atoms with Gasteiger partial charge in [-0.2, -0.15) is 0 Å². The second-order valence-electron chi connectivity index (χ2n) is 6.03. The van der Waals surface area contributed by atoms with Crippen LogP contribution in [0.5, 0.6) is 11.5 Å². The fourth-order valence-electron chi connectivity index (χ4n) is 2.76. The standard InChI is InChI=1S/C20H20N2O5/c1-12(23)13-5-4-6-14(9-13)21-20(24)19-11-17(22-27-19)16-10-15(25-2)7-8-18(16)26-3/h4-10,19H,11H2,1-3H3,(H,21,24)/t19-/m1/s1. The van der Waals surface area contributed by atoms with Crippen molar-refractivity contribution in [2.75, 3.05) is 19.5 Å². The predicted molar refractivity (Wildman–Crippen MR) is 101 cm³/mol. The van der Waals surface area contributed by atoms with Crippen LogP contribution in [0.2, 0.25) is 0 Å². The van der Waals surface area contributed by atoms with E-state index in [0.29, 0.717) is 40.4 Å². The molecule has 7 heteroatoms. The first-order valence-electron chi connectivity index (χ1n) is 8.38. The third kappa shape index (κ3) is 4.08. The van der Waals surface area contributed by atoms with E-state index >= 15 is 0 Å². The lowest BCUT2D eigenvalue weighted by atomic mass is 10.0. The summed E-state index contributed by atoms with van der Waals surface area (Å²) in [6.45, 7) is 1.47. The Hall–Kier alpha value is -3.35. The molecule has 0 radical (unpaired) electrons. The number of amides is 1. The summed E-state index contributed by atoms with van der Waals surface area (Å²) in [5, 5.41) is 6.80. The number of nitrogens with zero attached hydrogens (tertiary/aromatic N) is 1. The van der Waals surface area contributed by atoms with Crippen LogP contribution in [0, 0.1) is 0 Å². The fourth-order valence-corrected chi connectivity index (χ4v) is 2.76. The second-order valence-corrected chi connectivity index (χ2v) is 6.03. The molecule has 2 aromatic rings. The molecule has 1 atom stereocenters. The molecule has 1 aliphatic rings. The van der Waals surface area contributed by atoms with Gasteiger partial charge in [0.1, 0.15) is 11.5 Å². The highest BCUT2D eigenvalue weighted by molar-refractivity contribution is 6.08. The van der Waals surface area contributed by atoms with Crippen LogP contribution in [-0.2, 0) is 9.63 Å². The summed E-state index contributed by atoms with van der Waals surface area (Å²) in [6.07, 6.45) is -0.473. The van der Waals surface area contributed by atoms with Crippen molar-refractivity contribution >= 4 is 23.1 Å². The Labute approximate surface area is 156 Å². The number of rotatable bonds is 6. The van der Waals surface area contributed by atoms with Gasteiger partial charge in [-0.15, -0.1) is 0 Å². The average Bonchev–Trinajstić information content (AvgIpc) is 3.18. The summed E-state index contributed by atoms with van der Waals surface area (Å²) in [5.41, 5.74) is 2.37. The number of anilines is 1. The van der Waals surface area contributed by atoms with E-state index in [4.69, 9.17) is 14.3 Å². The Kier molecular flexibility index (Phi) is 5.40. The quantitative estimate of drug-likeness (QED) is 0.792.